The smallest absolute Gasteiger partial charge is 0.270 e. The fourth-order valence-corrected chi connectivity index (χ4v) is 3.54. The Labute approximate surface area is 179 Å². The molecule has 1 aliphatic heterocycles. The third-order valence-corrected chi connectivity index (χ3v) is 5.13. The number of nitro groups is 1. The zero-order chi connectivity index (χ0) is 21.0. The van der Waals surface area contributed by atoms with Gasteiger partial charge in [-0.15, -0.1) is 5.10 Å². The second-order valence-corrected chi connectivity index (χ2v) is 7.44. The normalized spacial score (nSPS) is 16.6. The first kappa shape index (κ1) is 20.8. The minimum absolute atomic E-state index is 0.112. The maximum absolute atomic E-state index is 12.2. The van der Waals surface area contributed by atoms with Crippen LogP contribution in [0, 0.1) is 10.1 Å². The third kappa shape index (κ3) is 5.14. The molecule has 0 aromatic heterocycles. The molecule has 1 saturated heterocycles. The molecule has 0 saturated carbocycles. The molecule has 3 rings (SSSR count). The van der Waals surface area contributed by atoms with Gasteiger partial charge in [-0.25, -0.2) is 0 Å². The number of carbonyl (C=O) groups excluding carboxylic acids is 1. The number of hydrogen-bond acceptors (Lipinski definition) is 7. The van der Waals surface area contributed by atoms with Crippen LogP contribution in [0.25, 0.3) is 6.08 Å². The fraction of sp³-hybridized carbons (Fsp3) is 0.0556. The van der Waals surface area contributed by atoms with Crippen molar-refractivity contribution in [1.29, 1.82) is 0 Å². The summed E-state index contributed by atoms with van der Waals surface area (Å²) in [6.45, 7) is 0. The van der Waals surface area contributed by atoms with Gasteiger partial charge in [0.1, 0.15) is 5.75 Å². The van der Waals surface area contributed by atoms with E-state index in [1.807, 2.05) is 0 Å². The number of amides is 1. The molecule has 1 heterocycles. The van der Waals surface area contributed by atoms with Crippen LogP contribution in [-0.2, 0) is 4.79 Å². The van der Waals surface area contributed by atoms with Crippen LogP contribution in [-0.4, -0.2) is 29.3 Å². The second kappa shape index (κ2) is 9.08. The van der Waals surface area contributed by atoms with Gasteiger partial charge in [0.05, 0.1) is 28.2 Å². The number of halogens is 2. The monoisotopic (exact) mass is 450 g/mol. The lowest BCUT2D eigenvalue weighted by atomic mass is 10.1. The molecule has 148 valence electrons. The Kier molecular flexibility index (Phi) is 6.53. The number of thioether (sulfide) groups is 1. The van der Waals surface area contributed by atoms with Crippen LogP contribution in [0.2, 0.25) is 10.0 Å². The Morgan fingerprint density at radius 3 is 2.69 bits per heavy atom. The Bertz CT molecular complexity index is 1090. The van der Waals surface area contributed by atoms with Crippen molar-refractivity contribution >= 4 is 64.0 Å². The number of nitrogens with zero attached hydrogens (tertiary/aromatic N) is 3. The highest BCUT2D eigenvalue weighted by atomic mass is 35.5. The largest absolute Gasteiger partial charge is 0.496 e. The molecule has 0 aliphatic carbocycles. The van der Waals surface area contributed by atoms with E-state index < -0.39 is 10.8 Å². The highest BCUT2D eigenvalue weighted by molar-refractivity contribution is 8.18. The van der Waals surface area contributed by atoms with Crippen molar-refractivity contribution in [3.05, 3.63) is 72.6 Å². The Hall–Kier alpha value is -2.88. The Morgan fingerprint density at radius 2 is 2.00 bits per heavy atom. The van der Waals surface area contributed by atoms with Crippen LogP contribution in [0.5, 0.6) is 5.75 Å². The summed E-state index contributed by atoms with van der Waals surface area (Å²) >= 11 is 12.9. The number of ether oxygens (including phenoxy) is 1. The summed E-state index contributed by atoms with van der Waals surface area (Å²) in [5.74, 6) is -0.000626. The van der Waals surface area contributed by atoms with Crippen molar-refractivity contribution in [2.24, 2.45) is 10.2 Å². The average molecular weight is 451 g/mol. The summed E-state index contributed by atoms with van der Waals surface area (Å²) in [5, 5.41) is 22.6. The number of benzene rings is 2. The van der Waals surface area contributed by atoms with Crippen LogP contribution in [0.3, 0.4) is 0 Å². The second-order valence-electron chi connectivity index (χ2n) is 5.56. The molecule has 0 spiro atoms. The number of hydrogen-bond donors (Lipinski definition) is 1. The molecule has 8 nitrogen and oxygen atoms in total. The number of non-ortho nitro benzene ring substituents is 1. The van der Waals surface area contributed by atoms with E-state index in [2.05, 4.69) is 15.5 Å². The summed E-state index contributed by atoms with van der Waals surface area (Å²) in [4.78, 5) is 23.0. The molecule has 1 N–H and O–H groups in total. The summed E-state index contributed by atoms with van der Waals surface area (Å²) in [6, 6.07) is 9.06. The van der Waals surface area contributed by atoms with E-state index in [9.17, 15) is 14.9 Å². The number of nitro benzene ring substituents is 1. The van der Waals surface area contributed by atoms with Gasteiger partial charge in [-0.05, 0) is 36.0 Å². The summed E-state index contributed by atoms with van der Waals surface area (Å²) < 4.78 is 5.20. The lowest BCUT2D eigenvalue weighted by Crippen LogP contribution is -2.19. The lowest BCUT2D eigenvalue weighted by Gasteiger charge is -2.04. The minimum atomic E-state index is -0.521. The molecule has 0 atom stereocenters. The van der Waals surface area contributed by atoms with Gasteiger partial charge in [-0.3, -0.25) is 20.2 Å². The Balaban J connectivity index is 1.81. The first-order valence-corrected chi connectivity index (χ1v) is 9.54. The zero-order valence-corrected chi connectivity index (χ0v) is 17.1. The maximum atomic E-state index is 12.2. The van der Waals surface area contributed by atoms with Gasteiger partial charge < -0.3 is 4.74 Å². The van der Waals surface area contributed by atoms with Gasteiger partial charge >= 0.3 is 0 Å². The molecule has 11 heteroatoms. The molecule has 2 aromatic carbocycles. The van der Waals surface area contributed by atoms with E-state index in [1.54, 1.807) is 18.2 Å². The van der Waals surface area contributed by atoms with Crippen LogP contribution in [0.4, 0.5) is 5.69 Å². The molecule has 2 aromatic rings. The van der Waals surface area contributed by atoms with Crippen molar-refractivity contribution in [2.75, 3.05) is 7.11 Å². The van der Waals surface area contributed by atoms with E-state index in [4.69, 9.17) is 27.9 Å². The molecule has 1 aliphatic rings. The zero-order valence-electron chi connectivity index (χ0n) is 14.8. The van der Waals surface area contributed by atoms with Gasteiger partial charge in [-0.1, -0.05) is 29.3 Å². The van der Waals surface area contributed by atoms with E-state index in [0.29, 0.717) is 31.8 Å². The van der Waals surface area contributed by atoms with Gasteiger partial charge in [-0.2, -0.15) is 5.10 Å². The standard InChI is InChI=1S/C18H12Cl2N4O4S/c1-28-15-5-4-13(24(26)27)6-11(15)7-16-17(25)22-18(29-16)23-21-9-10-2-3-12(19)8-14(10)20/h2-9H,1H3,(H,22,23,25)/b16-7+,21-9-. The van der Waals surface area contributed by atoms with E-state index in [-0.39, 0.29) is 10.9 Å². The van der Waals surface area contributed by atoms with Crippen molar-refractivity contribution in [2.45, 2.75) is 0 Å². The molecule has 0 radical (unpaired) electrons. The topological polar surface area (TPSA) is 106 Å². The SMILES string of the molecule is COc1ccc([N+](=O)[O-])cc1/C=C1/S/C(=N/N=C\c2ccc(Cl)cc2Cl)NC1=O. The fourth-order valence-electron chi connectivity index (χ4n) is 2.31. The summed E-state index contributed by atoms with van der Waals surface area (Å²) in [5.41, 5.74) is 0.906. The van der Waals surface area contributed by atoms with Crippen LogP contribution in [0.1, 0.15) is 11.1 Å². The average Bonchev–Trinajstić information content (AvgIpc) is 3.02. The van der Waals surface area contributed by atoms with Crippen molar-refractivity contribution in [3.63, 3.8) is 0 Å². The number of amidine groups is 1. The molecule has 1 fully saturated rings. The lowest BCUT2D eigenvalue weighted by molar-refractivity contribution is -0.384. The molecular formula is C18H12Cl2N4O4S. The highest BCUT2D eigenvalue weighted by Gasteiger charge is 2.24. The van der Waals surface area contributed by atoms with Crippen molar-refractivity contribution in [3.8, 4) is 5.75 Å². The summed E-state index contributed by atoms with van der Waals surface area (Å²) in [6.07, 6.45) is 2.93. The number of nitrogens with one attached hydrogen (secondary N) is 1. The maximum Gasteiger partial charge on any atom is 0.270 e. The Morgan fingerprint density at radius 1 is 1.21 bits per heavy atom. The molecule has 0 bridgehead atoms. The number of carbonyl (C=O) groups is 1. The van der Waals surface area contributed by atoms with Gasteiger partial charge in [0.15, 0.2) is 5.17 Å². The minimum Gasteiger partial charge on any atom is -0.496 e. The van der Waals surface area contributed by atoms with E-state index in [0.717, 1.165) is 11.8 Å². The van der Waals surface area contributed by atoms with Crippen LogP contribution >= 0.6 is 35.0 Å². The van der Waals surface area contributed by atoms with Gasteiger partial charge in [0, 0.05) is 28.3 Å². The predicted molar refractivity (Wildman–Crippen MR) is 115 cm³/mol. The van der Waals surface area contributed by atoms with Gasteiger partial charge in [0.2, 0.25) is 0 Å². The van der Waals surface area contributed by atoms with Crippen molar-refractivity contribution in [1.82, 2.24) is 5.32 Å². The van der Waals surface area contributed by atoms with E-state index in [1.165, 1.54) is 37.6 Å². The number of methoxy groups -OCH3 is 1. The first-order valence-electron chi connectivity index (χ1n) is 7.97. The summed E-state index contributed by atoms with van der Waals surface area (Å²) in [7, 11) is 1.44. The molecular weight excluding hydrogens is 439 g/mol. The van der Waals surface area contributed by atoms with Crippen LogP contribution < -0.4 is 10.1 Å². The van der Waals surface area contributed by atoms with Crippen molar-refractivity contribution < 1.29 is 14.5 Å². The molecule has 29 heavy (non-hydrogen) atoms. The molecule has 0 unspecified atom stereocenters. The van der Waals surface area contributed by atoms with Gasteiger partial charge in [0.25, 0.3) is 11.6 Å². The number of rotatable bonds is 5. The molecule has 1 amide bonds. The highest BCUT2D eigenvalue weighted by Crippen LogP contribution is 2.31. The first-order chi connectivity index (χ1) is 13.9. The predicted octanol–water partition coefficient (Wildman–Crippen LogP) is 4.50. The third-order valence-electron chi connectivity index (χ3n) is 3.67. The van der Waals surface area contributed by atoms with E-state index >= 15 is 0 Å². The quantitative estimate of drug-likeness (QED) is 0.312. The van der Waals surface area contributed by atoms with Crippen LogP contribution in [0.15, 0.2) is 51.5 Å².